The van der Waals surface area contributed by atoms with Gasteiger partial charge in [0.25, 0.3) is 17.4 Å². The van der Waals surface area contributed by atoms with Gasteiger partial charge in [0.1, 0.15) is 5.56 Å². The number of carbonyl (C=O) groups is 2. The van der Waals surface area contributed by atoms with Gasteiger partial charge >= 0.3 is 0 Å². The lowest BCUT2D eigenvalue weighted by atomic mass is 10.1. The molecule has 0 spiro atoms. The third-order valence-corrected chi connectivity index (χ3v) is 5.59. The van der Waals surface area contributed by atoms with Gasteiger partial charge in [0.15, 0.2) is 0 Å². The van der Waals surface area contributed by atoms with E-state index < -0.39 is 17.4 Å². The van der Waals surface area contributed by atoms with Crippen LogP contribution in [0.4, 0.5) is 0 Å². The second kappa shape index (κ2) is 9.20. The number of hydrogen-bond acceptors (Lipinski definition) is 3. The van der Waals surface area contributed by atoms with Crippen LogP contribution < -0.4 is 10.9 Å². The molecule has 0 aliphatic carbocycles. The highest BCUT2D eigenvalue weighted by Crippen LogP contribution is 2.16. The fourth-order valence-corrected chi connectivity index (χ4v) is 3.64. The Bertz CT molecular complexity index is 1360. The average molecular weight is 445 g/mol. The molecule has 5 nitrogen and oxygen atoms in total. The second-order valence-corrected chi connectivity index (χ2v) is 7.86. The van der Waals surface area contributed by atoms with E-state index in [1.807, 2.05) is 19.1 Å². The van der Waals surface area contributed by atoms with Gasteiger partial charge in [0.05, 0.1) is 5.52 Å². The molecule has 3 aromatic carbocycles. The number of para-hydroxylation sites is 1. The molecule has 4 aromatic rings. The zero-order valence-electron chi connectivity index (χ0n) is 17.5. The maximum atomic E-state index is 13.3. The number of hydrogen-bond donors (Lipinski definition) is 1. The van der Waals surface area contributed by atoms with E-state index in [9.17, 15) is 14.4 Å². The van der Waals surface area contributed by atoms with Crippen molar-refractivity contribution in [2.45, 2.75) is 19.9 Å². The molecule has 0 radical (unpaired) electrons. The quantitative estimate of drug-likeness (QED) is 0.479. The monoisotopic (exact) mass is 444 g/mol. The highest BCUT2D eigenvalue weighted by atomic mass is 35.5. The van der Waals surface area contributed by atoms with Crippen LogP contribution in [-0.4, -0.2) is 16.4 Å². The number of nitrogens with zero attached hydrogens (tertiary/aromatic N) is 1. The standard InChI is InChI=1S/C26H21ClN2O3/c1-2-17-7-11-19(12-8-17)25(31)29-23-6-4-3-5-20(23)15-22(26(29)32)24(30)28-16-18-9-13-21(27)14-10-18/h3-15H,2,16H2,1H3,(H,28,30). The second-order valence-electron chi connectivity index (χ2n) is 7.42. The summed E-state index contributed by atoms with van der Waals surface area (Å²) >= 11 is 5.90. The molecule has 1 amide bonds. The maximum Gasteiger partial charge on any atom is 0.270 e. The molecule has 0 saturated carbocycles. The Kier molecular flexibility index (Phi) is 6.19. The molecule has 0 saturated heterocycles. The summed E-state index contributed by atoms with van der Waals surface area (Å²) in [5, 5.41) is 3.98. The molecule has 0 atom stereocenters. The number of carbonyl (C=O) groups excluding carboxylic acids is 2. The Morgan fingerprint density at radius 2 is 1.56 bits per heavy atom. The molecule has 0 unspecified atom stereocenters. The van der Waals surface area contributed by atoms with Crippen molar-refractivity contribution < 1.29 is 9.59 Å². The van der Waals surface area contributed by atoms with Gasteiger partial charge in [0, 0.05) is 17.1 Å². The summed E-state index contributed by atoms with van der Waals surface area (Å²) in [7, 11) is 0. The number of fused-ring (bicyclic) bond motifs is 1. The lowest BCUT2D eigenvalue weighted by molar-refractivity contribution is 0.0946. The van der Waals surface area contributed by atoms with Crippen LogP contribution in [-0.2, 0) is 13.0 Å². The average Bonchev–Trinajstić information content (AvgIpc) is 2.83. The normalized spacial score (nSPS) is 10.8. The molecule has 0 aliphatic rings. The van der Waals surface area contributed by atoms with Crippen molar-refractivity contribution in [2.75, 3.05) is 0 Å². The lowest BCUT2D eigenvalue weighted by Gasteiger charge is -2.12. The molecule has 6 heteroatoms. The first-order chi connectivity index (χ1) is 15.5. The topological polar surface area (TPSA) is 68.2 Å². The summed E-state index contributed by atoms with van der Waals surface area (Å²) in [4.78, 5) is 39.5. The van der Waals surface area contributed by atoms with E-state index in [0.717, 1.165) is 22.1 Å². The Hall–Kier alpha value is -3.70. The Labute approximate surface area is 190 Å². The van der Waals surface area contributed by atoms with Crippen molar-refractivity contribution in [1.29, 1.82) is 0 Å². The zero-order chi connectivity index (χ0) is 22.7. The summed E-state index contributed by atoms with van der Waals surface area (Å²) in [6.07, 6.45) is 0.848. The number of amides is 1. The molecule has 32 heavy (non-hydrogen) atoms. The molecule has 0 fully saturated rings. The van der Waals surface area contributed by atoms with Gasteiger partial charge in [0.2, 0.25) is 0 Å². The molecule has 1 aromatic heterocycles. The molecular formula is C26H21ClN2O3. The number of pyridine rings is 1. The van der Waals surface area contributed by atoms with Gasteiger partial charge in [-0.05, 0) is 59.3 Å². The highest BCUT2D eigenvalue weighted by molar-refractivity contribution is 6.30. The highest BCUT2D eigenvalue weighted by Gasteiger charge is 2.20. The van der Waals surface area contributed by atoms with Crippen LogP contribution in [0.5, 0.6) is 0 Å². The molecule has 4 rings (SSSR count). The first-order valence-corrected chi connectivity index (χ1v) is 10.7. The predicted molar refractivity (Wildman–Crippen MR) is 126 cm³/mol. The third kappa shape index (κ3) is 4.34. The number of benzene rings is 3. The largest absolute Gasteiger partial charge is 0.348 e. The van der Waals surface area contributed by atoms with Crippen molar-refractivity contribution >= 4 is 34.3 Å². The van der Waals surface area contributed by atoms with Crippen LogP contribution in [0.2, 0.25) is 5.02 Å². The van der Waals surface area contributed by atoms with Gasteiger partial charge in [-0.25, -0.2) is 4.57 Å². The van der Waals surface area contributed by atoms with Crippen molar-refractivity contribution in [3.05, 3.63) is 116 Å². The third-order valence-electron chi connectivity index (χ3n) is 5.33. The van der Waals surface area contributed by atoms with Gasteiger partial charge in [-0.3, -0.25) is 14.4 Å². The van der Waals surface area contributed by atoms with E-state index in [1.165, 1.54) is 6.07 Å². The summed E-state index contributed by atoms with van der Waals surface area (Å²) in [5.74, 6) is -1.01. The molecule has 0 bridgehead atoms. The predicted octanol–water partition coefficient (Wildman–Crippen LogP) is 4.84. The van der Waals surface area contributed by atoms with E-state index in [1.54, 1.807) is 60.7 Å². The Morgan fingerprint density at radius 3 is 2.25 bits per heavy atom. The van der Waals surface area contributed by atoms with Crippen LogP contribution in [0.25, 0.3) is 10.9 Å². The van der Waals surface area contributed by atoms with E-state index >= 15 is 0 Å². The first-order valence-electron chi connectivity index (χ1n) is 10.3. The van der Waals surface area contributed by atoms with Crippen LogP contribution in [0.15, 0.2) is 83.7 Å². The molecule has 0 aliphatic heterocycles. The summed E-state index contributed by atoms with van der Waals surface area (Å²) in [6.45, 7) is 2.26. The fourth-order valence-electron chi connectivity index (χ4n) is 3.52. The van der Waals surface area contributed by atoms with Crippen LogP contribution >= 0.6 is 11.6 Å². The van der Waals surface area contributed by atoms with Gasteiger partial charge in [-0.2, -0.15) is 0 Å². The van der Waals surface area contributed by atoms with E-state index in [0.29, 0.717) is 21.5 Å². The number of halogens is 1. The number of aromatic nitrogens is 1. The molecule has 1 N–H and O–H groups in total. The SMILES string of the molecule is CCc1ccc(C(=O)n2c(=O)c(C(=O)NCc3ccc(Cl)cc3)cc3ccccc32)cc1. The number of aryl methyl sites for hydroxylation is 1. The van der Waals surface area contributed by atoms with Crippen molar-refractivity contribution in [2.24, 2.45) is 0 Å². The van der Waals surface area contributed by atoms with E-state index in [4.69, 9.17) is 11.6 Å². The minimum absolute atomic E-state index is 0.0869. The van der Waals surface area contributed by atoms with Crippen LogP contribution in [0.1, 0.15) is 38.8 Å². The van der Waals surface area contributed by atoms with Crippen molar-refractivity contribution in [3.63, 3.8) is 0 Å². The van der Waals surface area contributed by atoms with Gasteiger partial charge in [-0.15, -0.1) is 0 Å². The van der Waals surface area contributed by atoms with E-state index in [2.05, 4.69) is 5.32 Å². The fraction of sp³-hybridized carbons (Fsp3) is 0.115. The summed E-state index contributed by atoms with van der Waals surface area (Å²) in [6, 6.07) is 22.7. The number of nitrogens with one attached hydrogen (secondary N) is 1. The van der Waals surface area contributed by atoms with Gasteiger partial charge < -0.3 is 5.32 Å². The summed E-state index contributed by atoms with van der Waals surface area (Å²) < 4.78 is 1.08. The zero-order valence-corrected chi connectivity index (χ0v) is 18.2. The smallest absolute Gasteiger partial charge is 0.270 e. The first kappa shape index (κ1) is 21.5. The minimum Gasteiger partial charge on any atom is -0.348 e. The van der Waals surface area contributed by atoms with Crippen molar-refractivity contribution in [3.8, 4) is 0 Å². The molecule has 1 heterocycles. The number of rotatable bonds is 5. The lowest BCUT2D eigenvalue weighted by Crippen LogP contribution is -2.35. The van der Waals surface area contributed by atoms with Crippen molar-refractivity contribution in [1.82, 2.24) is 9.88 Å². The molecular weight excluding hydrogens is 424 g/mol. The minimum atomic E-state index is -0.651. The van der Waals surface area contributed by atoms with E-state index in [-0.39, 0.29) is 12.1 Å². The molecule has 160 valence electrons. The van der Waals surface area contributed by atoms with Crippen LogP contribution in [0.3, 0.4) is 0 Å². The van der Waals surface area contributed by atoms with Gasteiger partial charge in [-0.1, -0.05) is 61.0 Å². The Balaban J connectivity index is 1.73. The summed E-state index contributed by atoms with van der Waals surface area (Å²) in [5.41, 5.74) is 2.03. The van der Waals surface area contributed by atoms with Crippen LogP contribution in [0, 0.1) is 0 Å². The maximum absolute atomic E-state index is 13.3. The Morgan fingerprint density at radius 1 is 0.906 bits per heavy atom.